The van der Waals surface area contributed by atoms with Crippen molar-refractivity contribution in [1.82, 2.24) is 31.3 Å². The van der Waals surface area contributed by atoms with Gasteiger partial charge >= 0.3 is 29.8 Å². The Bertz CT molecular complexity index is 2640. The zero-order valence-electron chi connectivity index (χ0n) is 67.3. The zero-order valence-corrected chi connectivity index (χ0v) is 71.4. The number of hydrogen-bond donors (Lipinski definition) is 6. The van der Waals surface area contributed by atoms with Crippen molar-refractivity contribution in [3.05, 3.63) is 0 Å². The monoisotopic (exact) mass is 1630 g/mol. The molecule has 5 aliphatic rings. The van der Waals surface area contributed by atoms with Gasteiger partial charge in [-0.05, 0) is 72.5 Å². The Morgan fingerprint density at radius 1 is 0.343 bits per heavy atom. The standard InChI is InChI=1S/C17H31NO3S.2C16H29NO3S.C15H27NO5S.C14H26N2O5S/c1-4-5-6-7-8-9-10-13-22(2,3)14-16(19)18-15-11-12-21-17(15)20;2*1-3-4-5-6-7-8-9-12-21(2)13-15(18)17-14-10-11-20-16(14)19;1-2-3-4-5-6-7-8-11-22(19,20)12-14(17)16-13-9-10-21-15(13)18;1-2-3-4-5-6-7-9-15-22(19,20)11-13(17)16-12-8-10-21-14(12)18/h15H,2-14H2,1H3,(H,18,19);2*14H,3-13H2,1-2H3;13H,2-12H2,1H3,(H,16,17);12,15H,2-11H2,1H3,(H,16,17)/p+2/t15-;2*14-,21?;13-;12-/m00000/s1. The minimum Gasteiger partial charge on any atom is -0.464 e. The fraction of sp³-hybridized carbons (Fsp3) is 0.846. The van der Waals surface area contributed by atoms with E-state index in [2.05, 4.69) is 90.2 Å². The molecule has 0 saturated carbocycles. The molecule has 108 heavy (non-hydrogen) atoms. The molecular weight excluding hydrogens is 1490 g/mol. The number of amides is 5. The van der Waals surface area contributed by atoms with Crippen LogP contribution in [-0.2, 0) is 113 Å². The molecule has 30 heteroatoms. The van der Waals surface area contributed by atoms with Crippen LogP contribution < -0.4 is 31.3 Å². The van der Waals surface area contributed by atoms with Crippen molar-refractivity contribution in [3.63, 3.8) is 0 Å². The SMILES string of the molecule is C=S(=C)(CCCCCCCCC)CC(=O)N[C@H]1CCOC1=O.CCCCCCCCCS(=O)(=O)CC(=O)N[C@H]1CCOC1=O.CCCCCCCCC[S+](C)CC(=O)N[C@H]1CCOC1=O.CCCCCCCCC[S+](C)CC(=O)N[C@H]1CCOC1=O.CCCCCCCCNS(=O)(=O)CC(=O)N[C@H]1CCOC1=O. The van der Waals surface area contributed by atoms with Gasteiger partial charge in [-0.1, -0.05) is 220 Å². The molecular formula is C78H144N6O19S5+2. The van der Waals surface area contributed by atoms with Crippen molar-refractivity contribution in [2.24, 2.45) is 0 Å². The first kappa shape index (κ1) is 101. The van der Waals surface area contributed by atoms with E-state index in [4.69, 9.17) is 23.7 Å². The van der Waals surface area contributed by atoms with Gasteiger partial charge in [-0.3, -0.25) is 24.0 Å². The molecule has 628 valence electrons. The van der Waals surface area contributed by atoms with Gasteiger partial charge in [0.1, 0.15) is 53.2 Å². The van der Waals surface area contributed by atoms with Gasteiger partial charge in [0.15, 0.2) is 21.3 Å². The Morgan fingerprint density at radius 3 is 0.889 bits per heavy atom. The summed E-state index contributed by atoms with van der Waals surface area (Å²) < 4.78 is 73.5. The van der Waals surface area contributed by atoms with Crippen LogP contribution in [0.25, 0.3) is 0 Å². The molecule has 0 aliphatic carbocycles. The number of rotatable bonds is 55. The van der Waals surface area contributed by atoms with Gasteiger partial charge in [0.25, 0.3) is 11.8 Å². The van der Waals surface area contributed by atoms with Gasteiger partial charge < -0.3 is 50.3 Å². The van der Waals surface area contributed by atoms with Crippen molar-refractivity contribution in [3.8, 4) is 0 Å². The first-order valence-electron chi connectivity index (χ1n) is 40.7. The number of unbranched alkanes of at least 4 members (excludes halogenated alkanes) is 29. The highest BCUT2D eigenvalue weighted by Crippen LogP contribution is 2.23. The lowest BCUT2D eigenvalue weighted by Gasteiger charge is -2.15. The van der Waals surface area contributed by atoms with Gasteiger partial charge in [-0.2, -0.15) is 0 Å². The molecule has 0 spiro atoms. The Morgan fingerprint density at radius 2 is 0.593 bits per heavy atom. The molecule has 5 rings (SSSR count). The lowest BCUT2D eigenvalue weighted by Crippen LogP contribution is -2.43. The van der Waals surface area contributed by atoms with Crippen LogP contribution in [0.4, 0.5) is 0 Å². The van der Waals surface area contributed by atoms with E-state index in [0.29, 0.717) is 82.1 Å². The second-order valence-electron chi connectivity index (χ2n) is 29.2. The van der Waals surface area contributed by atoms with E-state index in [1.54, 1.807) is 0 Å². The molecule has 6 N–H and O–H groups in total. The molecule has 2 unspecified atom stereocenters. The number of cyclic esters (lactones) is 5. The van der Waals surface area contributed by atoms with E-state index >= 15 is 0 Å². The Balaban J connectivity index is 0.000000675. The van der Waals surface area contributed by atoms with Gasteiger partial charge in [-0.15, -0.1) is 0 Å². The summed E-state index contributed by atoms with van der Waals surface area (Å²) in [5, 5.41) is 13.1. The summed E-state index contributed by atoms with van der Waals surface area (Å²) in [6.07, 6.45) is 47.6. The van der Waals surface area contributed by atoms with Crippen LogP contribution in [0.3, 0.4) is 0 Å². The smallest absolute Gasteiger partial charge is 0.328 e. The molecule has 0 aromatic heterocycles. The number of esters is 5. The highest BCUT2D eigenvalue weighted by Gasteiger charge is 2.34. The van der Waals surface area contributed by atoms with Gasteiger partial charge in [-0.25, -0.2) is 54.7 Å². The van der Waals surface area contributed by atoms with E-state index in [1.807, 2.05) is 0 Å². The quantitative estimate of drug-likeness (QED) is 0.0108. The molecule has 0 aromatic rings. The molecule has 5 fully saturated rings. The lowest BCUT2D eigenvalue weighted by molar-refractivity contribution is -0.141. The summed E-state index contributed by atoms with van der Waals surface area (Å²) in [6.45, 7) is 13.1. The molecule has 0 aromatic carbocycles. The maximum atomic E-state index is 12.0. The summed E-state index contributed by atoms with van der Waals surface area (Å²) in [6, 6.07) is -2.70. The second-order valence-corrected chi connectivity index (χ2v) is 40.9. The minimum atomic E-state index is -3.65. The first-order chi connectivity index (χ1) is 51.6. The third-order valence-corrected chi connectivity index (χ3v) is 26.9. The molecule has 0 bridgehead atoms. The molecule has 5 aliphatic heterocycles. The molecule has 5 amide bonds. The van der Waals surface area contributed by atoms with Crippen molar-refractivity contribution < 1.29 is 88.5 Å². The third kappa shape index (κ3) is 54.9. The number of nitrogens with one attached hydrogen (secondary N) is 6. The molecule has 5 saturated heterocycles. The first-order valence-corrected chi connectivity index (χ1v) is 50.4. The summed E-state index contributed by atoms with van der Waals surface area (Å²) in [4.78, 5) is 115. The molecule has 7 atom stereocenters. The van der Waals surface area contributed by atoms with E-state index in [0.717, 1.165) is 62.2 Å². The number of carbonyl (C=O) groups is 10. The van der Waals surface area contributed by atoms with Crippen molar-refractivity contribution in [2.45, 2.75) is 315 Å². The maximum absolute atomic E-state index is 12.0. The number of ether oxygens (including phenoxy) is 5. The van der Waals surface area contributed by atoms with E-state index in [9.17, 15) is 64.8 Å². The van der Waals surface area contributed by atoms with Crippen LogP contribution in [0, 0.1) is 0 Å². The summed E-state index contributed by atoms with van der Waals surface area (Å²) >= 11 is 0. The van der Waals surface area contributed by atoms with Crippen LogP contribution in [0.2, 0.25) is 0 Å². The van der Waals surface area contributed by atoms with Crippen molar-refractivity contribution in [1.29, 1.82) is 0 Å². The van der Waals surface area contributed by atoms with Crippen LogP contribution in [0.1, 0.15) is 285 Å². The lowest BCUT2D eigenvalue weighted by atomic mass is 10.1. The highest BCUT2D eigenvalue weighted by atomic mass is 32.2. The van der Waals surface area contributed by atoms with Gasteiger partial charge in [0.2, 0.25) is 27.7 Å². The minimum absolute atomic E-state index is 0.00682. The summed E-state index contributed by atoms with van der Waals surface area (Å²) in [7, 11) is -8.22. The molecule has 5 heterocycles. The van der Waals surface area contributed by atoms with Crippen LogP contribution >= 0.6 is 9.21 Å². The summed E-state index contributed by atoms with van der Waals surface area (Å²) in [5.74, 6) is 8.37. The number of carbonyl (C=O) groups excluding carboxylic acids is 10. The van der Waals surface area contributed by atoms with E-state index in [1.165, 1.54) is 167 Å². The molecule has 25 nitrogen and oxygen atoms in total. The average Bonchev–Trinajstić information content (AvgIpc) is 1.62. The van der Waals surface area contributed by atoms with Gasteiger partial charge in [0, 0.05) is 38.6 Å². The average molecular weight is 1630 g/mol. The maximum Gasteiger partial charge on any atom is 0.328 e. The largest absolute Gasteiger partial charge is 0.464 e. The van der Waals surface area contributed by atoms with Crippen LogP contribution in [-0.4, -0.2) is 222 Å². The number of sulfone groups is 1. The fourth-order valence-electron chi connectivity index (χ4n) is 12.1. The van der Waals surface area contributed by atoms with Crippen molar-refractivity contribution in [2.75, 3.05) is 104 Å². The highest BCUT2D eigenvalue weighted by molar-refractivity contribution is 8.28. The fourth-order valence-corrected chi connectivity index (χ4v) is 18.7. The summed E-state index contributed by atoms with van der Waals surface area (Å²) in [5.41, 5.74) is 0. The van der Waals surface area contributed by atoms with Gasteiger partial charge in [0.05, 0.1) is 57.1 Å². The van der Waals surface area contributed by atoms with E-state index < -0.39 is 94.5 Å². The number of sulfonamides is 1. The molecule has 0 radical (unpaired) electrons. The topological polar surface area (TPSA) is 357 Å². The number of hydrogen-bond acceptors (Lipinski definition) is 19. The Hall–Kier alpha value is -4.65. The second kappa shape index (κ2) is 62.8. The third-order valence-electron chi connectivity index (χ3n) is 18.5. The van der Waals surface area contributed by atoms with Crippen LogP contribution in [0.5, 0.6) is 0 Å². The van der Waals surface area contributed by atoms with Crippen LogP contribution in [0.15, 0.2) is 0 Å². The van der Waals surface area contributed by atoms with E-state index in [-0.39, 0.29) is 76.4 Å². The zero-order chi connectivity index (χ0) is 80.3. The predicted molar refractivity (Wildman–Crippen MR) is 441 cm³/mol. The Labute approximate surface area is 656 Å². The van der Waals surface area contributed by atoms with Crippen molar-refractivity contribution >= 4 is 122 Å². The predicted octanol–water partition coefficient (Wildman–Crippen LogP) is 9.95. The Kier molecular flexibility index (Phi) is 59.0. The normalized spacial score (nSPS) is 18.7.